The summed E-state index contributed by atoms with van der Waals surface area (Å²) in [7, 11) is 1.42. The Bertz CT molecular complexity index is 282. The van der Waals surface area contributed by atoms with Crippen LogP contribution in [0.1, 0.15) is 46.0 Å². The van der Waals surface area contributed by atoms with Crippen molar-refractivity contribution in [1.29, 1.82) is 0 Å². The third kappa shape index (κ3) is 5.38. The van der Waals surface area contributed by atoms with Gasteiger partial charge in [-0.05, 0) is 31.3 Å². The van der Waals surface area contributed by atoms with Gasteiger partial charge < -0.3 is 10.1 Å². The van der Waals surface area contributed by atoms with Crippen molar-refractivity contribution in [2.24, 2.45) is 5.11 Å². The quantitative estimate of drug-likeness (QED) is 0.214. The summed E-state index contributed by atoms with van der Waals surface area (Å²) >= 11 is 0. The molecule has 0 aromatic heterocycles. The highest BCUT2D eigenvalue weighted by molar-refractivity contribution is 5.80. The SMILES string of the molecule is CCCC(CCC)(NCCCN=[N+]=[N-])C(=O)OC. The lowest BCUT2D eigenvalue weighted by atomic mass is 9.88. The Kier molecular flexibility index (Phi) is 9.06. The molecule has 6 heteroatoms. The molecule has 0 heterocycles. The van der Waals surface area contributed by atoms with Crippen molar-refractivity contribution >= 4 is 5.97 Å². The monoisotopic (exact) mass is 256 g/mol. The van der Waals surface area contributed by atoms with E-state index in [-0.39, 0.29) is 5.97 Å². The number of carbonyl (C=O) groups excluding carboxylic acids is 1. The highest BCUT2D eigenvalue weighted by Gasteiger charge is 2.36. The molecule has 0 saturated carbocycles. The minimum absolute atomic E-state index is 0.199. The fourth-order valence-corrected chi connectivity index (χ4v) is 2.15. The first kappa shape index (κ1) is 16.7. The number of ether oxygens (including phenoxy) is 1. The van der Waals surface area contributed by atoms with Gasteiger partial charge >= 0.3 is 5.97 Å². The standard InChI is InChI=1S/C12H24N4O2/c1-4-7-12(8-5-2,11(17)18-3)14-9-6-10-15-16-13/h14H,4-10H2,1-3H3. The molecule has 0 amide bonds. The second kappa shape index (κ2) is 9.74. The van der Waals surface area contributed by atoms with Gasteiger partial charge in [0.25, 0.3) is 0 Å². The maximum absolute atomic E-state index is 12.0. The van der Waals surface area contributed by atoms with Crippen molar-refractivity contribution < 1.29 is 9.53 Å². The zero-order chi connectivity index (χ0) is 13.9. The Morgan fingerprint density at radius 1 is 1.39 bits per heavy atom. The molecule has 104 valence electrons. The first-order valence-electron chi connectivity index (χ1n) is 6.51. The van der Waals surface area contributed by atoms with Gasteiger partial charge in [-0.15, -0.1) is 0 Å². The lowest BCUT2D eigenvalue weighted by Gasteiger charge is -2.31. The van der Waals surface area contributed by atoms with E-state index in [9.17, 15) is 4.79 Å². The molecule has 18 heavy (non-hydrogen) atoms. The Hall–Kier alpha value is -1.26. The van der Waals surface area contributed by atoms with Crippen molar-refractivity contribution in [3.05, 3.63) is 10.4 Å². The fourth-order valence-electron chi connectivity index (χ4n) is 2.15. The van der Waals surface area contributed by atoms with Gasteiger partial charge in [-0.3, -0.25) is 4.79 Å². The molecule has 6 nitrogen and oxygen atoms in total. The van der Waals surface area contributed by atoms with E-state index < -0.39 is 5.54 Å². The summed E-state index contributed by atoms with van der Waals surface area (Å²) in [5.41, 5.74) is 7.60. The summed E-state index contributed by atoms with van der Waals surface area (Å²) in [6, 6.07) is 0. The molecule has 0 atom stereocenters. The third-order valence-corrected chi connectivity index (χ3v) is 2.89. The minimum Gasteiger partial charge on any atom is -0.468 e. The molecule has 0 fully saturated rings. The van der Waals surface area contributed by atoms with Crippen LogP contribution in [0, 0.1) is 0 Å². The predicted octanol–water partition coefficient (Wildman–Crippen LogP) is 2.79. The van der Waals surface area contributed by atoms with Crippen LogP contribution in [0.3, 0.4) is 0 Å². The number of carbonyl (C=O) groups is 1. The van der Waals surface area contributed by atoms with Crippen molar-refractivity contribution in [1.82, 2.24) is 5.32 Å². The Morgan fingerprint density at radius 2 is 2.00 bits per heavy atom. The molecule has 0 rings (SSSR count). The van der Waals surface area contributed by atoms with Gasteiger partial charge in [-0.2, -0.15) is 0 Å². The van der Waals surface area contributed by atoms with Crippen molar-refractivity contribution in [2.45, 2.75) is 51.5 Å². The average molecular weight is 256 g/mol. The largest absolute Gasteiger partial charge is 0.468 e. The molecule has 0 saturated heterocycles. The van der Waals surface area contributed by atoms with Crippen LogP contribution < -0.4 is 5.32 Å². The van der Waals surface area contributed by atoms with E-state index >= 15 is 0 Å². The van der Waals surface area contributed by atoms with Gasteiger partial charge in [0.05, 0.1) is 7.11 Å². The van der Waals surface area contributed by atoms with Crippen LogP contribution in [-0.2, 0) is 9.53 Å². The number of esters is 1. The Labute approximate surface area is 109 Å². The minimum atomic E-state index is -0.589. The molecule has 0 aromatic carbocycles. The van der Waals surface area contributed by atoms with Crippen LogP contribution in [0.25, 0.3) is 10.4 Å². The van der Waals surface area contributed by atoms with E-state index in [0.29, 0.717) is 13.1 Å². The van der Waals surface area contributed by atoms with E-state index in [4.69, 9.17) is 10.3 Å². The summed E-state index contributed by atoms with van der Waals surface area (Å²) in [6.45, 7) is 5.19. The van der Waals surface area contributed by atoms with Gasteiger partial charge in [0, 0.05) is 11.5 Å². The van der Waals surface area contributed by atoms with Gasteiger partial charge in [-0.25, -0.2) is 0 Å². The number of hydrogen-bond donors (Lipinski definition) is 1. The van der Waals surface area contributed by atoms with Gasteiger partial charge in [0.1, 0.15) is 5.54 Å². The highest BCUT2D eigenvalue weighted by atomic mass is 16.5. The van der Waals surface area contributed by atoms with Crippen LogP contribution in [-0.4, -0.2) is 31.7 Å². The predicted molar refractivity (Wildman–Crippen MR) is 71.2 cm³/mol. The molecule has 0 spiro atoms. The summed E-state index contributed by atoms with van der Waals surface area (Å²) in [5, 5.41) is 6.76. The smallest absolute Gasteiger partial charge is 0.326 e. The first-order chi connectivity index (χ1) is 8.66. The lowest BCUT2D eigenvalue weighted by molar-refractivity contribution is -0.149. The van der Waals surface area contributed by atoms with E-state index in [1.807, 2.05) is 0 Å². The number of nitrogens with zero attached hydrogens (tertiary/aromatic N) is 3. The average Bonchev–Trinajstić information content (AvgIpc) is 2.37. The molecule has 0 aliphatic rings. The second-order valence-electron chi connectivity index (χ2n) is 4.31. The molecule has 0 aliphatic heterocycles. The van der Waals surface area contributed by atoms with Crippen LogP contribution in [0.4, 0.5) is 0 Å². The zero-order valence-corrected chi connectivity index (χ0v) is 11.6. The number of rotatable bonds is 10. The van der Waals surface area contributed by atoms with Crippen LogP contribution in [0.2, 0.25) is 0 Å². The van der Waals surface area contributed by atoms with Gasteiger partial charge in [-0.1, -0.05) is 31.8 Å². The number of azide groups is 1. The van der Waals surface area contributed by atoms with Gasteiger partial charge in [0.2, 0.25) is 0 Å². The zero-order valence-electron chi connectivity index (χ0n) is 11.6. The molecule has 0 unspecified atom stereocenters. The van der Waals surface area contributed by atoms with Gasteiger partial charge in [0.15, 0.2) is 0 Å². The van der Waals surface area contributed by atoms with E-state index in [2.05, 4.69) is 29.2 Å². The summed E-state index contributed by atoms with van der Waals surface area (Å²) in [6.07, 6.45) is 4.07. The highest BCUT2D eigenvalue weighted by Crippen LogP contribution is 2.21. The van der Waals surface area contributed by atoms with Crippen molar-refractivity contribution in [2.75, 3.05) is 20.2 Å². The van der Waals surface area contributed by atoms with Crippen LogP contribution in [0.5, 0.6) is 0 Å². The van der Waals surface area contributed by atoms with E-state index in [1.165, 1.54) is 7.11 Å². The second-order valence-corrected chi connectivity index (χ2v) is 4.31. The van der Waals surface area contributed by atoms with Crippen LogP contribution in [0.15, 0.2) is 5.11 Å². The Balaban J connectivity index is 4.51. The molecule has 0 aromatic rings. The maximum atomic E-state index is 12.0. The summed E-state index contributed by atoms with van der Waals surface area (Å²) < 4.78 is 4.92. The van der Waals surface area contributed by atoms with Crippen molar-refractivity contribution in [3.8, 4) is 0 Å². The third-order valence-electron chi connectivity index (χ3n) is 2.89. The Morgan fingerprint density at radius 3 is 2.44 bits per heavy atom. The van der Waals surface area contributed by atoms with E-state index in [0.717, 1.165) is 32.1 Å². The first-order valence-corrected chi connectivity index (χ1v) is 6.51. The van der Waals surface area contributed by atoms with E-state index in [1.54, 1.807) is 0 Å². The lowest BCUT2D eigenvalue weighted by Crippen LogP contribution is -2.53. The molecule has 0 bridgehead atoms. The maximum Gasteiger partial charge on any atom is 0.326 e. The topological polar surface area (TPSA) is 87.1 Å². The molecule has 1 N–H and O–H groups in total. The number of nitrogens with one attached hydrogen (secondary N) is 1. The molecular weight excluding hydrogens is 232 g/mol. The summed E-state index contributed by atoms with van der Waals surface area (Å²) in [5.74, 6) is -0.199. The normalized spacial score (nSPS) is 10.8. The number of hydrogen-bond acceptors (Lipinski definition) is 4. The molecule has 0 aliphatic carbocycles. The fraction of sp³-hybridized carbons (Fsp3) is 0.917. The number of methoxy groups -OCH3 is 1. The van der Waals surface area contributed by atoms with Crippen molar-refractivity contribution in [3.63, 3.8) is 0 Å². The molecule has 0 radical (unpaired) electrons. The van der Waals surface area contributed by atoms with Crippen LogP contribution >= 0.6 is 0 Å². The molecular formula is C12H24N4O2. The summed E-state index contributed by atoms with van der Waals surface area (Å²) in [4.78, 5) is 14.7.